The number of hydrogen-bond acceptors (Lipinski definition) is 7. The molecule has 1 amide bonds. The zero-order chi connectivity index (χ0) is 18.0. The van der Waals surface area contributed by atoms with Gasteiger partial charge in [-0.2, -0.15) is 4.68 Å². The molecule has 7 nitrogen and oxygen atoms in total. The first-order chi connectivity index (χ1) is 12.0. The Bertz CT molecular complexity index is 865. The van der Waals surface area contributed by atoms with Crippen LogP contribution in [0, 0.1) is 13.8 Å². The van der Waals surface area contributed by atoms with Crippen LogP contribution in [0.3, 0.4) is 0 Å². The second-order valence-corrected chi connectivity index (χ2v) is 8.19. The molecule has 0 aliphatic rings. The average molecular weight is 377 g/mol. The third-order valence-corrected chi connectivity index (χ3v) is 6.06. The Labute approximate surface area is 154 Å². The molecular weight excluding hydrogens is 356 g/mol. The summed E-state index contributed by atoms with van der Waals surface area (Å²) >= 11 is 3.16. The molecular formula is C16H20N6OS2. The van der Waals surface area contributed by atoms with E-state index in [1.165, 1.54) is 22.3 Å². The van der Waals surface area contributed by atoms with E-state index in [1.54, 1.807) is 11.3 Å². The number of aromatic nitrogens is 5. The van der Waals surface area contributed by atoms with Gasteiger partial charge in [-0.3, -0.25) is 4.79 Å². The van der Waals surface area contributed by atoms with Crippen molar-refractivity contribution in [3.05, 3.63) is 38.4 Å². The molecule has 0 unspecified atom stereocenters. The highest BCUT2D eigenvalue weighted by atomic mass is 32.1. The van der Waals surface area contributed by atoms with E-state index in [1.807, 2.05) is 13.8 Å². The maximum Gasteiger partial charge on any atom is 0.254 e. The van der Waals surface area contributed by atoms with Crippen molar-refractivity contribution in [2.45, 2.75) is 40.0 Å². The van der Waals surface area contributed by atoms with Crippen LogP contribution in [0.15, 0.2) is 11.7 Å². The van der Waals surface area contributed by atoms with Gasteiger partial charge in [0.2, 0.25) is 0 Å². The zero-order valence-corrected chi connectivity index (χ0v) is 16.2. The summed E-state index contributed by atoms with van der Waals surface area (Å²) in [6.45, 7) is 8.75. The summed E-state index contributed by atoms with van der Waals surface area (Å²) in [5.74, 6) is 0.322. The molecule has 132 valence electrons. The highest BCUT2D eigenvalue weighted by Gasteiger charge is 2.21. The second kappa shape index (κ2) is 7.40. The van der Waals surface area contributed by atoms with E-state index in [4.69, 9.17) is 0 Å². The predicted molar refractivity (Wildman–Crippen MR) is 98.7 cm³/mol. The molecule has 0 saturated carbocycles. The minimum Gasteiger partial charge on any atom is -0.352 e. The molecule has 1 N–H and O–H groups in total. The largest absolute Gasteiger partial charge is 0.352 e. The van der Waals surface area contributed by atoms with Crippen molar-refractivity contribution in [2.24, 2.45) is 0 Å². The molecule has 25 heavy (non-hydrogen) atoms. The number of rotatable bonds is 6. The smallest absolute Gasteiger partial charge is 0.254 e. The summed E-state index contributed by atoms with van der Waals surface area (Å²) in [4.78, 5) is 18.4. The van der Waals surface area contributed by atoms with Gasteiger partial charge in [0, 0.05) is 23.2 Å². The summed E-state index contributed by atoms with van der Waals surface area (Å²) in [6.07, 6.45) is 2.23. The van der Waals surface area contributed by atoms with Gasteiger partial charge in [0.1, 0.15) is 11.3 Å². The topological polar surface area (TPSA) is 85.6 Å². The predicted octanol–water partition coefficient (Wildman–Crippen LogP) is 2.89. The summed E-state index contributed by atoms with van der Waals surface area (Å²) in [6, 6.07) is 0. The van der Waals surface area contributed by atoms with Gasteiger partial charge in [0.25, 0.3) is 5.91 Å². The number of amides is 1. The van der Waals surface area contributed by atoms with Crippen molar-refractivity contribution in [2.75, 3.05) is 6.54 Å². The highest BCUT2D eigenvalue weighted by Crippen LogP contribution is 2.30. The van der Waals surface area contributed by atoms with Gasteiger partial charge in [0.05, 0.1) is 16.3 Å². The number of nitrogens with zero attached hydrogens (tertiary/aromatic N) is 5. The standard InChI is InChI=1S/C16H20N6OS2/c1-9(2)12-7-24-13(19-12)5-6-17-15(23)14-10(3)11(4)25-16(14)22-8-18-20-21-22/h7-9H,5-6H2,1-4H3,(H,17,23). The summed E-state index contributed by atoms with van der Waals surface area (Å²) in [5, 5.41) is 18.1. The van der Waals surface area contributed by atoms with Gasteiger partial charge in [-0.25, -0.2) is 4.98 Å². The molecule has 0 atom stereocenters. The van der Waals surface area contributed by atoms with Crippen molar-refractivity contribution in [3.63, 3.8) is 0 Å². The molecule has 3 rings (SSSR count). The first-order valence-electron chi connectivity index (χ1n) is 8.03. The minimum atomic E-state index is -0.104. The Kier molecular flexibility index (Phi) is 5.24. The van der Waals surface area contributed by atoms with Crippen LogP contribution in [-0.2, 0) is 6.42 Å². The minimum absolute atomic E-state index is 0.104. The van der Waals surface area contributed by atoms with E-state index in [9.17, 15) is 4.79 Å². The van der Waals surface area contributed by atoms with E-state index in [0.717, 1.165) is 32.6 Å². The molecule has 0 saturated heterocycles. The molecule has 0 aromatic carbocycles. The van der Waals surface area contributed by atoms with Crippen LogP contribution in [0.5, 0.6) is 0 Å². The molecule has 9 heteroatoms. The zero-order valence-electron chi connectivity index (χ0n) is 14.6. The molecule has 0 aliphatic heterocycles. The van der Waals surface area contributed by atoms with Gasteiger partial charge in [0.15, 0.2) is 0 Å². The number of carbonyl (C=O) groups excluding carboxylic acids is 1. The molecule has 0 radical (unpaired) electrons. The first-order valence-corrected chi connectivity index (χ1v) is 9.72. The van der Waals surface area contributed by atoms with Crippen LogP contribution in [0.25, 0.3) is 5.00 Å². The lowest BCUT2D eigenvalue weighted by Gasteiger charge is -2.06. The Morgan fingerprint density at radius 1 is 1.36 bits per heavy atom. The number of aryl methyl sites for hydroxylation is 1. The fourth-order valence-corrected chi connectivity index (χ4v) is 4.40. The number of carbonyl (C=O) groups is 1. The van der Waals surface area contributed by atoms with Gasteiger partial charge in [-0.15, -0.1) is 27.8 Å². The lowest BCUT2D eigenvalue weighted by molar-refractivity contribution is 0.0954. The summed E-state index contributed by atoms with van der Waals surface area (Å²) in [5.41, 5.74) is 2.71. The van der Waals surface area contributed by atoms with E-state index < -0.39 is 0 Å². The van der Waals surface area contributed by atoms with Crippen LogP contribution < -0.4 is 5.32 Å². The summed E-state index contributed by atoms with van der Waals surface area (Å²) < 4.78 is 1.54. The van der Waals surface area contributed by atoms with Crippen molar-refractivity contribution in [1.29, 1.82) is 0 Å². The van der Waals surface area contributed by atoms with E-state index >= 15 is 0 Å². The molecule has 0 bridgehead atoms. The van der Waals surface area contributed by atoms with Crippen LogP contribution in [0.4, 0.5) is 0 Å². The summed E-state index contributed by atoms with van der Waals surface area (Å²) in [7, 11) is 0. The lowest BCUT2D eigenvalue weighted by atomic mass is 10.1. The van der Waals surface area contributed by atoms with E-state index in [0.29, 0.717) is 18.0 Å². The Morgan fingerprint density at radius 3 is 2.80 bits per heavy atom. The first kappa shape index (κ1) is 17.7. The van der Waals surface area contributed by atoms with Crippen LogP contribution in [0.2, 0.25) is 0 Å². The molecule has 3 heterocycles. The van der Waals surface area contributed by atoms with Gasteiger partial charge in [-0.1, -0.05) is 13.8 Å². The maximum atomic E-state index is 12.7. The number of nitrogens with one attached hydrogen (secondary N) is 1. The SMILES string of the molecule is Cc1sc(-n2cnnn2)c(C(=O)NCCc2nc(C(C)C)cs2)c1C. The van der Waals surface area contributed by atoms with Crippen molar-refractivity contribution in [1.82, 2.24) is 30.5 Å². The molecule has 0 fully saturated rings. The highest BCUT2D eigenvalue weighted by molar-refractivity contribution is 7.15. The van der Waals surface area contributed by atoms with Gasteiger partial charge < -0.3 is 5.32 Å². The molecule has 0 aliphatic carbocycles. The Hall–Kier alpha value is -2.13. The van der Waals surface area contributed by atoms with Crippen LogP contribution >= 0.6 is 22.7 Å². The second-order valence-electron chi connectivity index (χ2n) is 6.04. The monoisotopic (exact) mass is 376 g/mol. The Balaban J connectivity index is 1.69. The molecule has 3 aromatic heterocycles. The fourth-order valence-electron chi connectivity index (χ4n) is 2.37. The molecule has 3 aromatic rings. The van der Waals surface area contributed by atoms with E-state index in [2.05, 4.69) is 45.1 Å². The quantitative estimate of drug-likeness (QED) is 0.715. The third kappa shape index (κ3) is 3.77. The van der Waals surface area contributed by atoms with Crippen molar-refractivity contribution < 1.29 is 4.79 Å². The normalized spacial score (nSPS) is 11.2. The lowest BCUT2D eigenvalue weighted by Crippen LogP contribution is -2.27. The van der Waals surface area contributed by atoms with E-state index in [-0.39, 0.29) is 5.91 Å². The number of tetrazole rings is 1. The van der Waals surface area contributed by atoms with Gasteiger partial charge in [-0.05, 0) is 35.8 Å². The third-order valence-electron chi connectivity index (χ3n) is 3.94. The van der Waals surface area contributed by atoms with Crippen LogP contribution in [-0.4, -0.2) is 37.6 Å². The van der Waals surface area contributed by atoms with Crippen LogP contribution in [0.1, 0.15) is 51.3 Å². The van der Waals surface area contributed by atoms with Gasteiger partial charge >= 0.3 is 0 Å². The van der Waals surface area contributed by atoms with Crippen molar-refractivity contribution >= 4 is 28.6 Å². The van der Waals surface area contributed by atoms with Crippen molar-refractivity contribution in [3.8, 4) is 5.00 Å². The number of hydrogen-bond donors (Lipinski definition) is 1. The maximum absolute atomic E-state index is 12.7. The Morgan fingerprint density at radius 2 is 2.16 bits per heavy atom. The average Bonchev–Trinajstić information content (AvgIpc) is 3.29. The fraction of sp³-hybridized carbons (Fsp3) is 0.438. The number of thiophene rings is 1. The number of thiazole rings is 1. The molecule has 0 spiro atoms.